The molecule has 2 rings (SSSR count). The third-order valence-corrected chi connectivity index (χ3v) is 2.68. The molecular weight excluding hydrogens is 184 g/mol. The van der Waals surface area contributed by atoms with Crippen molar-refractivity contribution < 1.29 is 4.74 Å². The van der Waals surface area contributed by atoms with Gasteiger partial charge in [-0.3, -0.25) is 0 Å². The molecule has 0 saturated heterocycles. The molecule has 0 saturated carbocycles. The first kappa shape index (κ1) is 10.0. The van der Waals surface area contributed by atoms with Gasteiger partial charge in [-0.2, -0.15) is 0 Å². The van der Waals surface area contributed by atoms with E-state index in [0.717, 1.165) is 18.6 Å². The summed E-state index contributed by atoms with van der Waals surface area (Å²) in [4.78, 5) is 0. The van der Waals surface area contributed by atoms with E-state index in [9.17, 15) is 0 Å². The minimum atomic E-state index is 1.04. The third kappa shape index (κ3) is 1.82. The number of methoxy groups -OCH3 is 1. The van der Waals surface area contributed by atoms with Crippen LogP contribution in [0.5, 0.6) is 5.75 Å². The summed E-state index contributed by atoms with van der Waals surface area (Å²) >= 11 is 0. The number of hydrogen-bond donors (Lipinski definition) is 0. The topological polar surface area (TPSA) is 9.23 Å². The van der Waals surface area contributed by atoms with Crippen molar-refractivity contribution in [2.75, 3.05) is 7.11 Å². The van der Waals surface area contributed by atoms with Crippen molar-refractivity contribution in [1.82, 2.24) is 0 Å². The summed E-state index contributed by atoms with van der Waals surface area (Å²) in [6.45, 7) is 2.19. The minimum Gasteiger partial charge on any atom is -0.496 e. The Morgan fingerprint density at radius 2 is 1.87 bits per heavy atom. The van der Waals surface area contributed by atoms with Crippen molar-refractivity contribution in [3.8, 4) is 5.75 Å². The first-order valence-electron chi connectivity index (χ1n) is 5.41. The van der Waals surface area contributed by atoms with Crippen molar-refractivity contribution in [1.29, 1.82) is 0 Å². The highest BCUT2D eigenvalue weighted by Gasteiger charge is 2.06. The molecule has 0 bridgehead atoms. The van der Waals surface area contributed by atoms with Gasteiger partial charge in [-0.15, -0.1) is 0 Å². The van der Waals surface area contributed by atoms with Crippen LogP contribution in [0.4, 0.5) is 0 Å². The highest BCUT2D eigenvalue weighted by atomic mass is 16.5. The van der Waals surface area contributed by atoms with Gasteiger partial charge < -0.3 is 4.74 Å². The van der Waals surface area contributed by atoms with Gasteiger partial charge in [0.05, 0.1) is 7.11 Å². The number of aryl methyl sites for hydroxylation is 1. The summed E-state index contributed by atoms with van der Waals surface area (Å²) in [6.07, 6.45) is 2.22. The van der Waals surface area contributed by atoms with Crippen LogP contribution < -0.4 is 4.74 Å². The van der Waals surface area contributed by atoms with E-state index in [-0.39, 0.29) is 0 Å². The quantitative estimate of drug-likeness (QED) is 0.732. The van der Waals surface area contributed by atoms with Crippen LogP contribution in [-0.2, 0) is 6.42 Å². The van der Waals surface area contributed by atoms with Crippen molar-refractivity contribution in [2.45, 2.75) is 19.8 Å². The lowest BCUT2D eigenvalue weighted by Gasteiger charge is -2.10. The molecule has 0 unspecified atom stereocenters. The van der Waals surface area contributed by atoms with E-state index in [0.29, 0.717) is 0 Å². The molecule has 78 valence electrons. The lowest BCUT2D eigenvalue weighted by molar-refractivity contribution is 0.414. The number of fused-ring (bicyclic) bond motifs is 1. The Labute approximate surface area is 90.7 Å². The zero-order chi connectivity index (χ0) is 10.7. The van der Waals surface area contributed by atoms with Crippen LogP contribution in [0, 0.1) is 0 Å². The molecule has 0 aliphatic carbocycles. The van der Waals surface area contributed by atoms with Crippen molar-refractivity contribution in [3.05, 3.63) is 42.0 Å². The van der Waals surface area contributed by atoms with Crippen LogP contribution in [0.2, 0.25) is 0 Å². The molecule has 1 nitrogen and oxygen atoms in total. The largest absolute Gasteiger partial charge is 0.496 e. The van der Waals surface area contributed by atoms with Gasteiger partial charge in [0.25, 0.3) is 0 Å². The standard InChI is InChI=1S/C14H16O/c1-3-6-12-10-9-11-7-4-5-8-13(11)14(12)15-2/h4-5,7-10H,3,6H2,1-2H3. The Hall–Kier alpha value is -1.50. The van der Waals surface area contributed by atoms with Gasteiger partial charge in [0, 0.05) is 5.39 Å². The van der Waals surface area contributed by atoms with Gasteiger partial charge in [-0.25, -0.2) is 0 Å². The van der Waals surface area contributed by atoms with Crippen LogP contribution in [0.25, 0.3) is 10.8 Å². The van der Waals surface area contributed by atoms with E-state index in [1.165, 1.54) is 16.3 Å². The van der Waals surface area contributed by atoms with E-state index in [1.54, 1.807) is 7.11 Å². The molecule has 0 radical (unpaired) electrons. The fraction of sp³-hybridized carbons (Fsp3) is 0.286. The zero-order valence-electron chi connectivity index (χ0n) is 9.29. The number of rotatable bonds is 3. The minimum absolute atomic E-state index is 1.04. The summed E-state index contributed by atoms with van der Waals surface area (Å²) in [5, 5.41) is 2.46. The highest BCUT2D eigenvalue weighted by molar-refractivity contribution is 5.89. The SMILES string of the molecule is CCCc1ccc2ccccc2c1OC. The molecule has 15 heavy (non-hydrogen) atoms. The third-order valence-electron chi connectivity index (χ3n) is 2.68. The Kier molecular flexibility index (Phi) is 2.91. The maximum atomic E-state index is 5.51. The monoisotopic (exact) mass is 200 g/mol. The molecular formula is C14H16O. The zero-order valence-corrected chi connectivity index (χ0v) is 9.29. The summed E-state index contributed by atoms with van der Waals surface area (Å²) in [6, 6.07) is 12.7. The summed E-state index contributed by atoms with van der Waals surface area (Å²) in [7, 11) is 1.75. The molecule has 0 spiro atoms. The molecule has 0 amide bonds. The maximum absolute atomic E-state index is 5.51. The number of hydrogen-bond acceptors (Lipinski definition) is 1. The summed E-state index contributed by atoms with van der Waals surface area (Å²) < 4.78 is 5.51. The van der Waals surface area contributed by atoms with Crippen LogP contribution in [0.3, 0.4) is 0 Å². The highest BCUT2D eigenvalue weighted by Crippen LogP contribution is 2.30. The molecule has 0 atom stereocenters. The average molecular weight is 200 g/mol. The second kappa shape index (κ2) is 4.35. The van der Waals surface area contributed by atoms with E-state index in [1.807, 2.05) is 0 Å². The molecule has 0 aliphatic rings. The molecule has 0 fully saturated rings. The van der Waals surface area contributed by atoms with E-state index in [4.69, 9.17) is 4.74 Å². The number of benzene rings is 2. The second-order valence-electron chi connectivity index (χ2n) is 3.73. The smallest absolute Gasteiger partial charge is 0.129 e. The lowest BCUT2D eigenvalue weighted by Crippen LogP contribution is -1.92. The lowest BCUT2D eigenvalue weighted by atomic mass is 10.0. The van der Waals surface area contributed by atoms with Crippen molar-refractivity contribution in [2.24, 2.45) is 0 Å². The maximum Gasteiger partial charge on any atom is 0.129 e. The van der Waals surface area contributed by atoms with Crippen LogP contribution in [-0.4, -0.2) is 7.11 Å². The molecule has 0 heterocycles. The average Bonchev–Trinajstić information content (AvgIpc) is 2.29. The van der Waals surface area contributed by atoms with Gasteiger partial charge in [-0.1, -0.05) is 49.7 Å². The summed E-state index contributed by atoms with van der Waals surface area (Å²) in [5.41, 5.74) is 1.30. The van der Waals surface area contributed by atoms with Crippen molar-refractivity contribution in [3.63, 3.8) is 0 Å². The van der Waals surface area contributed by atoms with E-state index in [2.05, 4.69) is 43.3 Å². The Balaban J connectivity index is 2.64. The second-order valence-corrected chi connectivity index (χ2v) is 3.73. The molecule has 0 aromatic heterocycles. The van der Waals surface area contributed by atoms with Gasteiger partial charge in [0.15, 0.2) is 0 Å². The predicted molar refractivity (Wildman–Crippen MR) is 64.5 cm³/mol. The molecule has 1 heteroatoms. The molecule has 0 aliphatic heterocycles. The first-order valence-corrected chi connectivity index (χ1v) is 5.41. The number of ether oxygens (including phenoxy) is 1. The van der Waals surface area contributed by atoms with Crippen LogP contribution in [0.15, 0.2) is 36.4 Å². The van der Waals surface area contributed by atoms with E-state index < -0.39 is 0 Å². The Morgan fingerprint density at radius 3 is 2.60 bits per heavy atom. The molecule has 2 aromatic carbocycles. The molecule has 0 N–H and O–H groups in total. The first-order chi connectivity index (χ1) is 7.36. The Morgan fingerprint density at radius 1 is 1.07 bits per heavy atom. The van der Waals surface area contributed by atoms with Crippen LogP contribution >= 0.6 is 0 Å². The predicted octanol–water partition coefficient (Wildman–Crippen LogP) is 3.80. The fourth-order valence-electron chi connectivity index (χ4n) is 2.00. The van der Waals surface area contributed by atoms with Gasteiger partial charge in [0.1, 0.15) is 5.75 Å². The van der Waals surface area contributed by atoms with Crippen LogP contribution in [0.1, 0.15) is 18.9 Å². The normalized spacial score (nSPS) is 10.5. The Bertz CT molecular complexity index is 460. The van der Waals surface area contributed by atoms with Gasteiger partial charge in [-0.05, 0) is 17.4 Å². The fourth-order valence-corrected chi connectivity index (χ4v) is 2.00. The van der Waals surface area contributed by atoms with E-state index >= 15 is 0 Å². The van der Waals surface area contributed by atoms with Crippen molar-refractivity contribution >= 4 is 10.8 Å². The summed E-state index contributed by atoms with van der Waals surface area (Å²) in [5.74, 6) is 1.04. The van der Waals surface area contributed by atoms with Gasteiger partial charge >= 0.3 is 0 Å². The van der Waals surface area contributed by atoms with Gasteiger partial charge in [0.2, 0.25) is 0 Å². The molecule has 2 aromatic rings.